The number of benzene rings is 2. The molecule has 4 rings (SSSR count). The number of hydrogen-bond acceptors (Lipinski definition) is 5. The predicted octanol–water partition coefficient (Wildman–Crippen LogP) is 4.60. The molecule has 136 valence electrons. The maximum absolute atomic E-state index is 4.62. The molecule has 0 spiro atoms. The van der Waals surface area contributed by atoms with E-state index >= 15 is 0 Å². The lowest BCUT2D eigenvalue weighted by Crippen LogP contribution is -2.03. The molecule has 0 aliphatic carbocycles. The Hall–Kier alpha value is -2.45. The molecule has 27 heavy (non-hydrogen) atoms. The molecule has 0 unspecified atom stereocenters. The zero-order chi connectivity index (χ0) is 18.6. The van der Waals surface area contributed by atoms with Crippen LogP contribution in [0.1, 0.15) is 12.7 Å². The number of halogens is 1. The van der Waals surface area contributed by atoms with Crippen LogP contribution in [0.25, 0.3) is 16.9 Å². The SMILES string of the molecule is CCn1c(-c2ccc(Br)cc2)cnc1SCc1nnnn1-c1ccccc1. The summed E-state index contributed by atoms with van der Waals surface area (Å²) < 4.78 is 5.04. The molecule has 0 saturated carbocycles. The molecule has 2 heterocycles. The standard InChI is InChI=1S/C19H17BrN6S/c1-2-25-17(14-8-10-15(20)11-9-14)12-21-19(25)27-13-18-22-23-24-26(18)16-6-4-3-5-7-16/h3-12H,2,13H2,1H3. The fourth-order valence-electron chi connectivity index (χ4n) is 2.83. The zero-order valence-electron chi connectivity index (χ0n) is 14.7. The Bertz CT molecular complexity index is 1030. The Morgan fingerprint density at radius 1 is 1.04 bits per heavy atom. The molecule has 0 amide bonds. The lowest BCUT2D eigenvalue weighted by Gasteiger charge is -2.09. The van der Waals surface area contributed by atoms with E-state index in [4.69, 9.17) is 0 Å². The van der Waals surface area contributed by atoms with Gasteiger partial charge in [-0.3, -0.25) is 0 Å². The van der Waals surface area contributed by atoms with Crippen LogP contribution in [0.2, 0.25) is 0 Å². The summed E-state index contributed by atoms with van der Waals surface area (Å²) in [5.74, 6) is 1.43. The van der Waals surface area contributed by atoms with Gasteiger partial charge in [-0.1, -0.05) is 58.0 Å². The van der Waals surface area contributed by atoms with Gasteiger partial charge in [0.05, 0.1) is 23.3 Å². The Morgan fingerprint density at radius 2 is 1.81 bits per heavy atom. The highest BCUT2D eigenvalue weighted by Gasteiger charge is 2.14. The Balaban J connectivity index is 1.56. The van der Waals surface area contributed by atoms with Gasteiger partial charge >= 0.3 is 0 Å². The minimum Gasteiger partial charge on any atom is -0.319 e. The van der Waals surface area contributed by atoms with Gasteiger partial charge < -0.3 is 4.57 Å². The molecule has 0 bridgehead atoms. The summed E-state index contributed by atoms with van der Waals surface area (Å²) in [6, 6.07) is 18.2. The van der Waals surface area contributed by atoms with Gasteiger partial charge in [0.1, 0.15) is 0 Å². The minimum absolute atomic E-state index is 0.638. The third-order valence-corrected chi connectivity index (χ3v) is 5.66. The molecule has 8 heteroatoms. The molecule has 0 atom stereocenters. The van der Waals surface area contributed by atoms with Gasteiger partial charge in [-0.15, -0.1) is 5.10 Å². The molecule has 2 aromatic heterocycles. The summed E-state index contributed by atoms with van der Waals surface area (Å²) in [5.41, 5.74) is 3.20. The number of para-hydroxylation sites is 1. The summed E-state index contributed by atoms with van der Waals surface area (Å²) in [4.78, 5) is 4.62. The second kappa shape index (κ2) is 8.06. The van der Waals surface area contributed by atoms with Crippen molar-refractivity contribution in [3.8, 4) is 16.9 Å². The maximum Gasteiger partial charge on any atom is 0.168 e. The number of rotatable bonds is 6. The summed E-state index contributed by atoms with van der Waals surface area (Å²) in [6.45, 7) is 2.97. The van der Waals surface area contributed by atoms with E-state index in [1.807, 2.05) is 48.7 Å². The van der Waals surface area contributed by atoms with E-state index in [-0.39, 0.29) is 0 Å². The maximum atomic E-state index is 4.62. The van der Waals surface area contributed by atoms with Crippen molar-refractivity contribution in [3.63, 3.8) is 0 Å². The van der Waals surface area contributed by atoms with Crippen LogP contribution in [0.4, 0.5) is 0 Å². The van der Waals surface area contributed by atoms with Gasteiger partial charge in [-0.2, -0.15) is 4.68 Å². The van der Waals surface area contributed by atoms with Gasteiger partial charge in [0.25, 0.3) is 0 Å². The van der Waals surface area contributed by atoms with Crippen LogP contribution >= 0.6 is 27.7 Å². The Morgan fingerprint density at radius 3 is 2.56 bits per heavy atom. The molecule has 0 aliphatic rings. The molecule has 0 N–H and O–H groups in total. The topological polar surface area (TPSA) is 61.4 Å². The molecular formula is C19H17BrN6S. The molecule has 0 radical (unpaired) electrons. The van der Waals surface area contributed by atoms with Crippen molar-refractivity contribution in [2.24, 2.45) is 0 Å². The van der Waals surface area contributed by atoms with Crippen LogP contribution in [0, 0.1) is 0 Å². The first-order valence-electron chi connectivity index (χ1n) is 8.53. The summed E-state index contributed by atoms with van der Waals surface area (Å²) in [6.07, 6.45) is 1.93. The molecule has 4 aromatic rings. The third-order valence-electron chi connectivity index (χ3n) is 4.14. The second-order valence-electron chi connectivity index (χ2n) is 5.81. The average Bonchev–Trinajstić information content (AvgIpc) is 3.34. The van der Waals surface area contributed by atoms with Crippen LogP contribution < -0.4 is 0 Å². The van der Waals surface area contributed by atoms with Crippen LogP contribution in [0.15, 0.2) is 70.4 Å². The van der Waals surface area contributed by atoms with E-state index in [0.717, 1.165) is 38.9 Å². The van der Waals surface area contributed by atoms with Crippen LogP contribution in [0.3, 0.4) is 0 Å². The van der Waals surface area contributed by atoms with Crippen LogP contribution in [0.5, 0.6) is 0 Å². The van der Waals surface area contributed by atoms with Crippen LogP contribution in [-0.2, 0) is 12.3 Å². The average molecular weight is 441 g/mol. The fourth-order valence-corrected chi connectivity index (χ4v) is 4.04. The van der Waals surface area contributed by atoms with Gasteiger partial charge in [0.2, 0.25) is 0 Å². The van der Waals surface area contributed by atoms with Gasteiger partial charge in [0.15, 0.2) is 11.0 Å². The van der Waals surface area contributed by atoms with Crippen molar-refractivity contribution < 1.29 is 0 Å². The highest BCUT2D eigenvalue weighted by molar-refractivity contribution is 9.10. The van der Waals surface area contributed by atoms with Gasteiger partial charge in [-0.25, -0.2) is 4.98 Å². The van der Waals surface area contributed by atoms with Crippen molar-refractivity contribution in [2.75, 3.05) is 0 Å². The van der Waals surface area contributed by atoms with E-state index in [1.165, 1.54) is 0 Å². The van der Waals surface area contributed by atoms with Crippen molar-refractivity contribution in [1.29, 1.82) is 0 Å². The van der Waals surface area contributed by atoms with Gasteiger partial charge in [0, 0.05) is 11.0 Å². The van der Waals surface area contributed by atoms with Crippen molar-refractivity contribution in [1.82, 2.24) is 29.8 Å². The Kier molecular flexibility index (Phi) is 5.35. The number of hydrogen-bond donors (Lipinski definition) is 0. The van der Waals surface area contributed by atoms with Crippen molar-refractivity contribution in [2.45, 2.75) is 24.4 Å². The number of thioether (sulfide) groups is 1. The van der Waals surface area contributed by atoms with E-state index in [2.05, 4.69) is 60.1 Å². The largest absolute Gasteiger partial charge is 0.319 e. The predicted molar refractivity (Wildman–Crippen MR) is 110 cm³/mol. The zero-order valence-corrected chi connectivity index (χ0v) is 17.1. The Labute approximate surface area is 169 Å². The lowest BCUT2D eigenvalue weighted by atomic mass is 10.2. The first-order valence-corrected chi connectivity index (χ1v) is 10.3. The number of tetrazole rings is 1. The van der Waals surface area contributed by atoms with E-state index in [0.29, 0.717) is 5.75 Å². The first-order chi connectivity index (χ1) is 13.3. The monoisotopic (exact) mass is 440 g/mol. The van der Waals surface area contributed by atoms with Crippen molar-refractivity contribution >= 4 is 27.7 Å². The minimum atomic E-state index is 0.638. The number of imidazole rings is 1. The summed E-state index contributed by atoms with van der Waals surface area (Å²) in [5, 5.41) is 13.1. The number of nitrogens with zero attached hydrogens (tertiary/aromatic N) is 6. The van der Waals surface area contributed by atoms with E-state index in [1.54, 1.807) is 16.4 Å². The molecule has 6 nitrogen and oxygen atoms in total. The third kappa shape index (κ3) is 3.81. The highest BCUT2D eigenvalue weighted by Crippen LogP contribution is 2.28. The van der Waals surface area contributed by atoms with E-state index in [9.17, 15) is 0 Å². The normalized spacial score (nSPS) is 11.0. The summed E-state index contributed by atoms with van der Waals surface area (Å²) >= 11 is 5.12. The molecule has 0 aliphatic heterocycles. The number of aromatic nitrogens is 6. The van der Waals surface area contributed by atoms with Gasteiger partial charge in [-0.05, 0) is 47.2 Å². The molecule has 0 fully saturated rings. The molecular weight excluding hydrogens is 424 g/mol. The fraction of sp³-hybridized carbons (Fsp3) is 0.158. The first kappa shape index (κ1) is 17.9. The second-order valence-corrected chi connectivity index (χ2v) is 7.67. The van der Waals surface area contributed by atoms with Crippen LogP contribution in [-0.4, -0.2) is 29.8 Å². The summed E-state index contributed by atoms with van der Waals surface area (Å²) in [7, 11) is 0. The highest BCUT2D eigenvalue weighted by atomic mass is 79.9. The smallest absolute Gasteiger partial charge is 0.168 e. The lowest BCUT2D eigenvalue weighted by molar-refractivity contribution is 0.687. The quantitative estimate of drug-likeness (QED) is 0.410. The molecule has 2 aromatic carbocycles. The van der Waals surface area contributed by atoms with Crippen molar-refractivity contribution in [3.05, 3.63) is 71.1 Å². The van der Waals surface area contributed by atoms with E-state index < -0.39 is 0 Å². The molecule has 0 saturated heterocycles.